The fourth-order valence-electron chi connectivity index (χ4n) is 2.27. The monoisotopic (exact) mass is 299 g/mol. The van der Waals surface area contributed by atoms with Crippen molar-refractivity contribution in [3.8, 4) is 0 Å². The van der Waals surface area contributed by atoms with E-state index in [1.165, 1.54) is 12.8 Å². The van der Waals surface area contributed by atoms with Gasteiger partial charge in [-0.15, -0.1) is 0 Å². The van der Waals surface area contributed by atoms with Gasteiger partial charge in [-0.2, -0.15) is 15.0 Å². The summed E-state index contributed by atoms with van der Waals surface area (Å²) in [5.41, 5.74) is 0. The van der Waals surface area contributed by atoms with Gasteiger partial charge in [-0.3, -0.25) is 0 Å². The Morgan fingerprint density at radius 1 is 1.05 bits per heavy atom. The molecule has 2 rings (SSSR count). The first-order valence-corrected chi connectivity index (χ1v) is 7.68. The Morgan fingerprint density at radius 3 is 2.55 bits per heavy atom. The lowest BCUT2D eigenvalue weighted by Crippen LogP contribution is -2.21. The molecule has 20 heavy (non-hydrogen) atoms. The maximum atomic E-state index is 8.70. The van der Waals surface area contributed by atoms with Crippen LogP contribution in [0.3, 0.4) is 0 Å². The number of hydrogen-bond acceptors (Lipinski definition) is 6. The van der Waals surface area contributed by atoms with E-state index in [1.807, 2.05) is 0 Å². The summed E-state index contributed by atoms with van der Waals surface area (Å²) in [4.78, 5) is 14.8. The highest BCUT2D eigenvalue weighted by Crippen LogP contribution is 2.18. The molecule has 0 spiro atoms. The van der Waals surface area contributed by atoms with Gasteiger partial charge >= 0.3 is 0 Å². The zero-order valence-electron chi connectivity index (χ0n) is 11.7. The average molecular weight is 300 g/mol. The normalized spacial score (nSPS) is 14.8. The standard InChI is InChI=1S/C13H22ClN5O/c14-11-16-12(15-7-3-1-2-6-10-20)18-13(17-11)19-8-4-5-9-19/h20H,1-10H2,(H,15,16,17,18). The third kappa shape index (κ3) is 4.76. The molecule has 6 nitrogen and oxygen atoms in total. The van der Waals surface area contributed by atoms with Crippen molar-refractivity contribution in [1.29, 1.82) is 0 Å². The molecule has 0 amide bonds. The van der Waals surface area contributed by atoms with Gasteiger partial charge in [0.25, 0.3) is 0 Å². The lowest BCUT2D eigenvalue weighted by atomic mass is 10.2. The summed E-state index contributed by atoms with van der Waals surface area (Å²) in [5.74, 6) is 1.22. The second-order valence-corrected chi connectivity index (χ2v) is 5.32. The molecule has 0 bridgehead atoms. The molecule has 2 heterocycles. The van der Waals surface area contributed by atoms with Crippen LogP contribution in [0.2, 0.25) is 5.28 Å². The highest BCUT2D eigenvalue weighted by molar-refractivity contribution is 6.28. The predicted molar refractivity (Wildman–Crippen MR) is 80.3 cm³/mol. The van der Waals surface area contributed by atoms with Crippen LogP contribution in [0.4, 0.5) is 11.9 Å². The van der Waals surface area contributed by atoms with Gasteiger partial charge in [0.15, 0.2) is 0 Å². The fraction of sp³-hybridized carbons (Fsp3) is 0.769. The SMILES string of the molecule is OCCCCCCNc1nc(Cl)nc(N2CCCC2)n1. The van der Waals surface area contributed by atoms with Crippen molar-refractivity contribution in [3.63, 3.8) is 0 Å². The number of hydrogen-bond donors (Lipinski definition) is 2. The van der Waals surface area contributed by atoms with Crippen LogP contribution < -0.4 is 10.2 Å². The van der Waals surface area contributed by atoms with E-state index in [2.05, 4.69) is 25.2 Å². The van der Waals surface area contributed by atoms with Crippen molar-refractivity contribution < 1.29 is 5.11 Å². The molecule has 2 N–H and O–H groups in total. The highest BCUT2D eigenvalue weighted by atomic mass is 35.5. The minimum atomic E-state index is 0.240. The minimum Gasteiger partial charge on any atom is -0.396 e. The Balaban J connectivity index is 1.81. The van der Waals surface area contributed by atoms with Crippen LogP contribution in [0.15, 0.2) is 0 Å². The number of anilines is 2. The van der Waals surface area contributed by atoms with E-state index in [-0.39, 0.29) is 11.9 Å². The van der Waals surface area contributed by atoms with Crippen LogP contribution in [0.1, 0.15) is 38.5 Å². The van der Waals surface area contributed by atoms with Gasteiger partial charge in [0.2, 0.25) is 17.2 Å². The molecule has 0 atom stereocenters. The smallest absolute Gasteiger partial charge is 0.231 e. The molecule has 0 aliphatic carbocycles. The molecule has 0 saturated carbocycles. The second kappa shape index (κ2) is 8.21. The number of nitrogens with one attached hydrogen (secondary N) is 1. The first-order chi connectivity index (χ1) is 9.79. The average Bonchev–Trinajstić information content (AvgIpc) is 2.96. The van der Waals surface area contributed by atoms with E-state index >= 15 is 0 Å². The summed E-state index contributed by atoms with van der Waals surface area (Å²) in [6.45, 7) is 3.06. The van der Waals surface area contributed by atoms with Crippen LogP contribution in [0.25, 0.3) is 0 Å². The van der Waals surface area contributed by atoms with Crippen molar-refractivity contribution in [2.45, 2.75) is 38.5 Å². The highest BCUT2D eigenvalue weighted by Gasteiger charge is 2.16. The second-order valence-electron chi connectivity index (χ2n) is 4.99. The van der Waals surface area contributed by atoms with E-state index in [1.54, 1.807) is 0 Å². The lowest BCUT2D eigenvalue weighted by Gasteiger charge is -2.15. The number of aliphatic hydroxyl groups is 1. The summed E-state index contributed by atoms with van der Waals surface area (Å²) in [5, 5.41) is 12.1. The number of nitrogens with zero attached hydrogens (tertiary/aromatic N) is 4. The topological polar surface area (TPSA) is 74.2 Å². The van der Waals surface area contributed by atoms with E-state index in [0.717, 1.165) is 45.3 Å². The van der Waals surface area contributed by atoms with Crippen molar-refractivity contribution in [3.05, 3.63) is 5.28 Å². The summed E-state index contributed by atoms with van der Waals surface area (Å²) in [6.07, 6.45) is 6.40. The summed E-state index contributed by atoms with van der Waals surface area (Å²) >= 11 is 5.95. The molecule has 1 aromatic rings. The molecule has 0 aromatic carbocycles. The predicted octanol–water partition coefficient (Wildman–Crippen LogP) is 2.09. The summed E-state index contributed by atoms with van der Waals surface area (Å²) in [6, 6.07) is 0. The third-order valence-corrected chi connectivity index (χ3v) is 3.52. The van der Waals surface area contributed by atoms with Gasteiger partial charge in [-0.25, -0.2) is 0 Å². The summed E-state index contributed by atoms with van der Waals surface area (Å²) in [7, 11) is 0. The Labute approximate surface area is 124 Å². The van der Waals surface area contributed by atoms with Gasteiger partial charge in [0.1, 0.15) is 0 Å². The molecule has 0 unspecified atom stereocenters. The largest absolute Gasteiger partial charge is 0.396 e. The lowest BCUT2D eigenvalue weighted by molar-refractivity contribution is 0.283. The van der Waals surface area contributed by atoms with E-state index < -0.39 is 0 Å². The quantitative estimate of drug-likeness (QED) is 0.716. The maximum absolute atomic E-state index is 8.70. The number of unbranched alkanes of at least 4 members (excludes halogenated alkanes) is 3. The zero-order chi connectivity index (χ0) is 14.2. The van der Waals surface area contributed by atoms with E-state index in [4.69, 9.17) is 16.7 Å². The molecule has 112 valence electrons. The van der Waals surface area contributed by atoms with Gasteiger partial charge in [0.05, 0.1) is 0 Å². The van der Waals surface area contributed by atoms with E-state index in [9.17, 15) is 0 Å². The molecule has 1 saturated heterocycles. The molecular formula is C13H22ClN5O. The Hall–Kier alpha value is -1.14. The molecule has 7 heteroatoms. The minimum absolute atomic E-state index is 0.240. The number of rotatable bonds is 8. The Kier molecular flexibility index (Phi) is 6.26. The van der Waals surface area contributed by atoms with Crippen LogP contribution in [0.5, 0.6) is 0 Å². The van der Waals surface area contributed by atoms with Gasteiger partial charge in [-0.05, 0) is 37.3 Å². The van der Waals surface area contributed by atoms with Gasteiger partial charge in [-0.1, -0.05) is 12.8 Å². The van der Waals surface area contributed by atoms with Crippen LogP contribution in [0, 0.1) is 0 Å². The number of halogens is 1. The molecule has 0 radical (unpaired) electrons. The summed E-state index contributed by atoms with van der Waals surface area (Å²) < 4.78 is 0. The molecule has 1 aliphatic heterocycles. The van der Waals surface area contributed by atoms with Gasteiger partial charge < -0.3 is 15.3 Å². The zero-order valence-corrected chi connectivity index (χ0v) is 12.4. The third-order valence-electron chi connectivity index (χ3n) is 3.35. The van der Waals surface area contributed by atoms with Crippen molar-refractivity contribution in [2.24, 2.45) is 0 Å². The Bertz CT molecular complexity index is 412. The van der Waals surface area contributed by atoms with Crippen LogP contribution >= 0.6 is 11.6 Å². The fourth-order valence-corrected chi connectivity index (χ4v) is 2.42. The molecular weight excluding hydrogens is 278 g/mol. The number of aromatic nitrogens is 3. The maximum Gasteiger partial charge on any atom is 0.231 e. The molecule has 1 aromatic heterocycles. The van der Waals surface area contributed by atoms with Gasteiger partial charge in [0, 0.05) is 26.2 Å². The number of aliphatic hydroxyl groups excluding tert-OH is 1. The van der Waals surface area contributed by atoms with Crippen LogP contribution in [-0.4, -0.2) is 46.3 Å². The van der Waals surface area contributed by atoms with Crippen molar-refractivity contribution >= 4 is 23.5 Å². The Morgan fingerprint density at radius 2 is 1.80 bits per heavy atom. The molecule has 1 aliphatic rings. The first-order valence-electron chi connectivity index (χ1n) is 7.31. The molecule has 1 fully saturated rings. The van der Waals surface area contributed by atoms with Crippen molar-refractivity contribution in [1.82, 2.24) is 15.0 Å². The van der Waals surface area contributed by atoms with Crippen molar-refractivity contribution in [2.75, 3.05) is 36.5 Å². The van der Waals surface area contributed by atoms with Crippen LogP contribution in [-0.2, 0) is 0 Å². The van der Waals surface area contributed by atoms with E-state index in [0.29, 0.717) is 11.9 Å². The first kappa shape index (κ1) is 15.3.